The van der Waals surface area contributed by atoms with Crippen molar-refractivity contribution in [2.45, 2.75) is 25.5 Å². The zero-order chi connectivity index (χ0) is 17.9. The van der Waals surface area contributed by atoms with Crippen molar-refractivity contribution in [3.05, 3.63) is 36.9 Å². The van der Waals surface area contributed by atoms with Crippen LogP contribution in [0.15, 0.2) is 36.9 Å². The minimum atomic E-state index is -0.775. The normalized spacial score (nSPS) is 25.7. The molecule has 1 saturated carbocycles. The van der Waals surface area contributed by atoms with Crippen LogP contribution in [0.3, 0.4) is 0 Å². The summed E-state index contributed by atoms with van der Waals surface area (Å²) in [5, 5.41) is 29.4. The summed E-state index contributed by atoms with van der Waals surface area (Å²) >= 11 is 0. The van der Waals surface area contributed by atoms with Crippen LogP contribution in [-0.4, -0.2) is 37.3 Å². The fourth-order valence-corrected chi connectivity index (χ4v) is 4.28. The number of hydrogen-bond acceptors (Lipinski definition) is 5. The van der Waals surface area contributed by atoms with Crippen molar-refractivity contribution in [2.24, 2.45) is 18.4 Å². The maximum Gasteiger partial charge on any atom is 0.146 e. The largest absolute Gasteiger partial charge is 0.372 e. The van der Waals surface area contributed by atoms with Gasteiger partial charge < -0.3 is 10.0 Å². The van der Waals surface area contributed by atoms with E-state index in [1.165, 1.54) is 0 Å². The summed E-state index contributed by atoms with van der Waals surface area (Å²) in [6.07, 6.45) is 9.52. The quantitative estimate of drug-likeness (QED) is 0.784. The van der Waals surface area contributed by atoms with Crippen LogP contribution in [0, 0.1) is 22.7 Å². The van der Waals surface area contributed by atoms with E-state index >= 15 is 0 Å². The average molecular weight is 348 g/mol. The fourth-order valence-electron chi connectivity index (χ4n) is 4.28. The molecule has 26 heavy (non-hydrogen) atoms. The molecule has 5 rings (SSSR count). The number of nitrogens with zero attached hydrogens (tertiary/aromatic N) is 6. The minimum Gasteiger partial charge on any atom is -0.372 e. The first kappa shape index (κ1) is 15.4. The number of hydrogen-bond donors (Lipinski definition) is 1. The van der Waals surface area contributed by atoms with Gasteiger partial charge in [0.15, 0.2) is 0 Å². The summed E-state index contributed by atoms with van der Waals surface area (Å²) in [7, 11) is 1.89. The number of aliphatic hydroxyl groups is 1. The fraction of sp³-hybridized carbons (Fsp3) is 0.421. The third-order valence-corrected chi connectivity index (χ3v) is 5.87. The Morgan fingerprint density at radius 1 is 1.27 bits per heavy atom. The van der Waals surface area contributed by atoms with E-state index in [0.29, 0.717) is 18.9 Å². The number of rotatable bonds is 3. The van der Waals surface area contributed by atoms with Crippen LogP contribution in [0.5, 0.6) is 0 Å². The average Bonchev–Trinajstić information content (AvgIpc) is 3.12. The molecular formula is C19H20N6O. The van der Waals surface area contributed by atoms with Gasteiger partial charge in [0.05, 0.1) is 23.5 Å². The van der Waals surface area contributed by atoms with Gasteiger partial charge in [0.2, 0.25) is 0 Å². The summed E-state index contributed by atoms with van der Waals surface area (Å²) in [5.41, 5.74) is 3.25. The van der Waals surface area contributed by atoms with E-state index in [-0.39, 0.29) is 0 Å². The topological polar surface area (TPSA) is 82.4 Å². The highest BCUT2D eigenvalue weighted by Crippen LogP contribution is 2.54. The van der Waals surface area contributed by atoms with E-state index in [9.17, 15) is 10.4 Å². The smallest absolute Gasteiger partial charge is 0.146 e. The third-order valence-electron chi connectivity index (χ3n) is 5.87. The molecule has 7 nitrogen and oxygen atoms in total. The molecule has 2 atom stereocenters. The van der Waals surface area contributed by atoms with Crippen LogP contribution in [-0.2, 0) is 7.05 Å². The number of anilines is 1. The van der Waals surface area contributed by atoms with E-state index in [4.69, 9.17) is 0 Å². The molecule has 2 aliphatic rings. The molecule has 132 valence electrons. The molecule has 4 heterocycles. The number of nitriles is 1. The monoisotopic (exact) mass is 348 g/mol. The van der Waals surface area contributed by atoms with Crippen LogP contribution < -0.4 is 4.90 Å². The summed E-state index contributed by atoms with van der Waals surface area (Å²) in [4.78, 5) is 1.96. The zero-order valence-corrected chi connectivity index (χ0v) is 14.6. The Hall–Kier alpha value is -2.85. The van der Waals surface area contributed by atoms with E-state index in [1.807, 2.05) is 41.1 Å². The number of aromatic nitrogens is 4. The molecule has 0 amide bonds. The van der Waals surface area contributed by atoms with Gasteiger partial charge in [0.25, 0.3) is 0 Å². The highest BCUT2D eigenvalue weighted by molar-refractivity contribution is 5.80. The van der Waals surface area contributed by atoms with Gasteiger partial charge in [-0.1, -0.05) is 0 Å². The number of aryl methyl sites for hydroxylation is 1. The lowest BCUT2D eigenvalue weighted by atomic mass is 9.82. The van der Waals surface area contributed by atoms with Gasteiger partial charge in [-0.05, 0) is 37.3 Å². The standard InChI is InChI=1S/C19H20N6O/c1-23-10-14(9-22-23)13-8-17-16(4-6-21-25(17)11-13)24-7-5-19(12-20,18(24)26)15-2-3-15/h4,6,8-11,15,18,26H,2-3,5,7H2,1H3/t18?,19-/m0/s1. The molecule has 1 aliphatic carbocycles. The maximum atomic E-state index is 11.0. The van der Waals surface area contributed by atoms with Gasteiger partial charge in [0.1, 0.15) is 11.6 Å². The molecule has 0 bridgehead atoms. The van der Waals surface area contributed by atoms with Crippen molar-refractivity contribution in [1.29, 1.82) is 5.26 Å². The first-order chi connectivity index (χ1) is 12.6. The van der Waals surface area contributed by atoms with Gasteiger partial charge >= 0.3 is 0 Å². The van der Waals surface area contributed by atoms with Gasteiger partial charge in [-0.15, -0.1) is 0 Å². The Labute approximate surface area is 151 Å². The minimum absolute atomic E-state index is 0.322. The van der Waals surface area contributed by atoms with Crippen LogP contribution in [0.25, 0.3) is 16.6 Å². The zero-order valence-electron chi connectivity index (χ0n) is 14.6. The van der Waals surface area contributed by atoms with Crippen molar-refractivity contribution in [3.8, 4) is 17.2 Å². The van der Waals surface area contributed by atoms with Gasteiger partial charge in [0, 0.05) is 43.3 Å². The summed E-state index contributed by atoms with van der Waals surface area (Å²) in [6, 6.07) is 6.43. The molecular weight excluding hydrogens is 328 g/mol. The van der Waals surface area contributed by atoms with Crippen molar-refractivity contribution in [1.82, 2.24) is 19.4 Å². The summed E-state index contributed by atoms with van der Waals surface area (Å²) in [5.74, 6) is 0.322. The Bertz CT molecular complexity index is 1030. The first-order valence-electron chi connectivity index (χ1n) is 8.95. The predicted molar refractivity (Wildman–Crippen MR) is 96.1 cm³/mol. The van der Waals surface area contributed by atoms with Crippen molar-refractivity contribution >= 4 is 11.2 Å². The lowest BCUT2D eigenvalue weighted by Crippen LogP contribution is -2.40. The molecule has 1 saturated heterocycles. The Morgan fingerprint density at radius 3 is 2.81 bits per heavy atom. The second-order valence-corrected chi connectivity index (χ2v) is 7.42. The molecule has 2 fully saturated rings. The van der Waals surface area contributed by atoms with E-state index in [0.717, 1.165) is 35.2 Å². The van der Waals surface area contributed by atoms with Crippen molar-refractivity contribution < 1.29 is 5.11 Å². The Morgan fingerprint density at radius 2 is 2.12 bits per heavy atom. The second-order valence-electron chi connectivity index (χ2n) is 7.42. The molecule has 1 N–H and O–H groups in total. The van der Waals surface area contributed by atoms with Gasteiger partial charge in [-0.2, -0.15) is 15.5 Å². The van der Waals surface area contributed by atoms with Crippen LogP contribution in [0.2, 0.25) is 0 Å². The molecule has 0 spiro atoms. The Kier molecular flexibility index (Phi) is 3.15. The first-order valence-corrected chi connectivity index (χ1v) is 8.95. The van der Waals surface area contributed by atoms with Crippen molar-refractivity contribution in [2.75, 3.05) is 11.4 Å². The molecule has 3 aromatic heterocycles. The highest BCUT2D eigenvalue weighted by atomic mass is 16.3. The lowest BCUT2D eigenvalue weighted by molar-refractivity contribution is 0.0782. The summed E-state index contributed by atoms with van der Waals surface area (Å²) < 4.78 is 3.60. The van der Waals surface area contributed by atoms with E-state index in [1.54, 1.807) is 10.9 Å². The molecule has 7 heteroatoms. The van der Waals surface area contributed by atoms with Crippen LogP contribution in [0.4, 0.5) is 5.69 Å². The number of aliphatic hydroxyl groups excluding tert-OH is 1. The molecule has 3 aromatic rings. The van der Waals surface area contributed by atoms with Gasteiger partial charge in [-0.3, -0.25) is 4.68 Å². The van der Waals surface area contributed by atoms with Crippen LogP contribution >= 0.6 is 0 Å². The maximum absolute atomic E-state index is 11.0. The van der Waals surface area contributed by atoms with Gasteiger partial charge in [-0.25, -0.2) is 4.52 Å². The SMILES string of the molecule is Cn1cc(-c2cc3c(N4CC[C@](C#N)(C5CC5)C4O)ccnn3c2)cn1. The Balaban J connectivity index is 1.57. The van der Waals surface area contributed by atoms with E-state index in [2.05, 4.69) is 22.3 Å². The highest BCUT2D eigenvalue weighted by Gasteiger charge is 2.56. The van der Waals surface area contributed by atoms with E-state index < -0.39 is 11.6 Å². The molecule has 1 aliphatic heterocycles. The molecule has 0 aromatic carbocycles. The van der Waals surface area contributed by atoms with Crippen molar-refractivity contribution in [3.63, 3.8) is 0 Å². The predicted octanol–water partition coefficient (Wildman–Crippen LogP) is 2.18. The lowest BCUT2D eigenvalue weighted by Gasteiger charge is -2.30. The third kappa shape index (κ3) is 2.09. The molecule has 0 radical (unpaired) electrons. The number of fused-ring (bicyclic) bond motifs is 1. The van der Waals surface area contributed by atoms with Crippen LogP contribution in [0.1, 0.15) is 19.3 Å². The second kappa shape index (κ2) is 5.32. The summed E-state index contributed by atoms with van der Waals surface area (Å²) in [6.45, 7) is 0.679. The molecule has 1 unspecified atom stereocenters.